The van der Waals surface area contributed by atoms with Gasteiger partial charge in [-0.2, -0.15) is 0 Å². The van der Waals surface area contributed by atoms with Crippen molar-refractivity contribution in [2.45, 2.75) is 70.1 Å². The monoisotopic (exact) mass is 493 g/mol. The fourth-order valence-electron chi connectivity index (χ4n) is 3.42. The van der Waals surface area contributed by atoms with Crippen LogP contribution in [0.15, 0.2) is 30.3 Å². The van der Waals surface area contributed by atoms with Crippen molar-refractivity contribution in [2.24, 2.45) is 17.4 Å². The lowest BCUT2D eigenvalue weighted by molar-refractivity contribution is -0.142. The summed E-state index contributed by atoms with van der Waals surface area (Å²) in [6, 6.07) is 4.57. The number of aliphatic hydroxyl groups excluding tert-OH is 1. The van der Waals surface area contributed by atoms with Gasteiger partial charge in [-0.25, -0.2) is 4.79 Å². The molecule has 0 aliphatic rings. The second-order valence-electron chi connectivity index (χ2n) is 8.91. The van der Waals surface area contributed by atoms with Gasteiger partial charge in [0, 0.05) is 6.42 Å². The van der Waals surface area contributed by atoms with Crippen LogP contribution in [0, 0.1) is 5.92 Å². The lowest BCUT2D eigenvalue weighted by Gasteiger charge is -2.26. The summed E-state index contributed by atoms with van der Waals surface area (Å²) < 4.78 is 0. The van der Waals surface area contributed by atoms with Crippen molar-refractivity contribution in [2.75, 3.05) is 13.2 Å². The average Bonchev–Trinajstić information content (AvgIpc) is 2.82. The van der Waals surface area contributed by atoms with Gasteiger partial charge in [0.05, 0.1) is 6.61 Å². The van der Waals surface area contributed by atoms with Gasteiger partial charge in [-0.05, 0) is 43.7 Å². The summed E-state index contributed by atoms with van der Waals surface area (Å²) in [6.07, 6.45) is 1.76. The highest BCUT2D eigenvalue weighted by Gasteiger charge is 2.30. The third-order valence-electron chi connectivity index (χ3n) is 5.35. The molecule has 0 bridgehead atoms. The molecule has 4 unspecified atom stereocenters. The zero-order valence-electron chi connectivity index (χ0n) is 20.4. The van der Waals surface area contributed by atoms with E-state index in [0.29, 0.717) is 19.4 Å². The molecule has 0 fully saturated rings. The van der Waals surface area contributed by atoms with Gasteiger partial charge in [0.15, 0.2) is 0 Å². The Kier molecular flexibility index (Phi) is 13.5. The van der Waals surface area contributed by atoms with Crippen LogP contribution in [0.5, 0.6) is 0 Å². The van der Waals surface area contributed by atoms with Gasteiger partial charge >= 0.3 is 5.97 Å². The van der Waals surface area contributed by atoms with E-state index < -0.39 is 54.5 Å². The van der Waals surface area contributed by atoms with Crippen LogP contribution in [-0.2, 0) is 25.6 Å². The molecule has 35 heavy (non-hydrogen) atoms. The number of hydrogen-bond donors (Lipinski definition) is 7. The second-order valence-corrected chi connectivity index (χ2v) is 8.91. The molecule has 1 aromatic carbocycles. The highest BCUT2D eigenvalue weighted by Crippen LogP contribution is 2.09. The Bertz CT molecular complexity index is 820. The largest absolute Gasteiger partial charge is 0.480 e. The predicted molar refractivity (Wildman–Crippen MR) is 131 cm³/mol. The third-order valence-corrected chi connectivity index (χ3v) is 5.35. The summed E-state index contributed by atoms with van der Waals surface area (Å²) in [7, 11) is 0. The predicted octanol–water partition coefficient (Wildman–Crippen LogP) is -0.737. The Hall–Kier alpha value is -3.02. The third kappa shape index (κ3) is 11.3. The van der Waals surface area contributed by atoms with Crippen molar-refractivity contribution in [3.8, 4) is 0 Å². The molecule has 3 amide bonds. The van der Waals surface area contributed by atoms with Crippen molar-refractivity contribution >= 4 is 23.7 Å². The number of hydrogen-bond acceptors (Lipinski definition) is 7. The number of rotatable bonds is 16. The normalized spacial score (nSPS) is 14.5. The van der Waals surface area contributed by atoms with Gasteiger partial charge in [0.2, 0.25) is 17.7 Å². The van der Waals surface area contributed by atoms with Crippen molar-refractivity contribution < 1.29 is 29.4 Å². The van der Waals surface area contributed by atoms with E-state index in [0.717, 1.165) is 5.56 Å². The number of carbonyl (C=O) groups is 4. The first-order chi connectivity index (χ1) is 16.6. The molecular weight excluding hydrogens is 454 g/mol. The fraction of sp³-hybridized carbons (Fsp3) is 0.583. The van der Waals surface area contributed by atoms with Crippen molar-refractivity contribution in [3.63, 3.8) is 0 Å². The Labute approximate surface area is 206 Å². The molecule has 0 heterocycles. The zero-order valence-corrected chi connectivity index (χ0v) is 20.4. The molecule has 1 aromatic rings. The van der Waals surface area contributed by atoms with Crippen LogP contribution >= 0.6 is 0 Å². The number of unbranched alkanes of at least 4 members (excludes halogenated alkanes) is 1. The molecule has 0 saturated carbocycles. The lowest BCUT2D eigenvalue weighted by Crippen LogP contribution is -2.58. The molecule has 0 aromatic heterocycles. The van der Waals surface area contributed by atoms with Gasteiger partial charge in [-0.1, -0.05) is 44.2 Å². The van der Waals surface area contributed by atoms with Crippen LogP contribution in [0.25, 0.3) is 0 Å². The molecular formula is C24H39N5O6. The molecule has 1 rings (SSSR count). The number of nitrogens with two attached hydrogens (primary N) is 2. The van der Waals surface area contributed by atoms with Crippen molar-refractivity contribution in [1.29, 1.82) is 0 Å². The number of carboxylic acid groups (broad SMARTS) is 1. The van der Waals surface area contributed by atoms with Crippen LogP contribution < -0.4 is 27.4 Å². The van der Waals surface area contributed by atoms with E-state index in [9.17, 15) is 29.4 Å². The average molecular weight is 494 g/mol. The number of aliphatic hydroxyl groups is 1. The van der Waals surface area contributed by atoms with E-state index in [4.69, 9.17) is 11.5 Å². The summed E-state index contributed by atoms with van der Waals surface area (Å²) >= 11 is 0. The number of benzene rings is 1. The first-order valence-electron chi connectivity index (χ1n) is 11.8. The van der Waals surface area contributed by atoms with E-state index in [1.165, 1.54) is 0 Å². The molecule has 196 valence electrons. The Morgan fingerprint density at radius 1 is 0.886 bits per heavy atom. The van der Waals surface area contributed by atoms with Crippen LogP contribution in [0.3, 0.4) is 0 Å². The fourth-order valence-corrected chi connectivity index (χ4v) is 3.42. The Morgan fingerprint density at radius 3 is 2.00 bits per heavy atom. The molecule has 0 saturated heterocycles. The molecule has 11 nitrogen and oxygen atoms in total. The van der Waals surface area contributed by atoms with E-state index >= 15 is 0 Å². The van der Waals surface area contributed by atoms with E-state index in [1.807, 2.05) is 19.9 Å². The highest BCUT2D eigenvalue weighted by atomic mass is 16.4. The van der Waals surface area contributed by atoms with Crippen molar-refractivity contribution in [1.82, 2.24) is 16.0 Å². The number of carbonyl (C=O) groups excluding carboxylic acids is 3. The molecule has 0 aliphatic heterocycles. The highest BCUT2D eigenvalue weighted by molar-refractivity contribution is 5.94. The second kappa shape index (κ2) is 15.8. The molecule has 9 N–H and O–H groups in total. The number of amides is 3. The van der Waals surface area contributed by atoms with Gasteiger partial charge < -0.3 is 37.6 Å². The minimum Gasteiger partial charge on any atom is -0.480 e. The number of nitrogens with one attached hydrogen (secondary N) is 3. The van der Waals surface area contributed by atoms with Gasteiger partial charge in [0.1, 0.15) is 24.2 Å². The maximum absolute atomic E-state index is 13.2. The van der Waals surface area contributed by atoms with Crippen molar-refractivity contribution in [3.05, 3.63) is 35.9 Å². The van der Waals surface area contributed by atoms with E-state index in [2.05, 4.69) is 16.0 Å². The SMILES string of the molecule is CC(C)CC(NC(=O)C(Cc1ccccc1)NC(=O)C(N)CO)C(=O)NC(CCCCN)C(=O)O. The molecule has 4 atom stereocenters. The summed E-state index contributed by atoms with van der Waals surface area (Å²) in [5.41, 5.74) is 11.8. The van der Waals surface area contributed by atoms with Crippen LogP contribution in [-0.4, -0.2) is 71.2 Å². The maximum atomic E-state index is 13.2. The van der Waals surface area contributed by atoms with Gasteiger partial charge in [0.25, 0.3) is 0 Å². The Balaban J connectivity index is 3.03. The minimum atomic E-state index is -1.21. The summed E-state index contributed by atoms with van der Waals surface area (Å²) in [5, 5.41) is 26.4. The smallest absolute Gasteiger partial charge is 0.326 e. The topological polar surface area (TPSA) is 197 Å². The lowest BCUT2D eigenvalue weighted by atomic mass is 10.00. The quantitative estimate of drug-likeness (QED) is 0.146. The standard InChI is InChI=1S/C24H39N5O6/c1-15(2)12-19(22(32)27-18(24(34)35)10-6-7-11-25)29-23(33)20(28-21(31)17(26)14-30)13-16-8-4-3-5-9-16/h3-5,8-9,15,17-20,30H,6-7,10-14,25-26H2,1-2H3,(H,27,32)(H,28,31)(H,29,33)(H,34,35). The summed E-state index contributed by atoms with van der Waals surface area (Å²) in [5.74, 6) is -3.11. The summed E-state index contributed by atoms with van der Waals surface area (Å²) in [6.45, 7) is 3.56. The number of carboxylic acids is 1. The van der Waals surface area contributed by atoms with E-state index in [-0.39, 0.29) is 25.2 Å². The minimum absolute atomic E-state index is 0.0107. The molecule has 0 aliphatic carbocycles. The van der Waals surface area contributed by atoms with Gasteiger partial charge in [-0.3, -0.25) is 14.4 Å². The van der Waals surface area contributed by atoms with E-state index in [1.54, 1.807) is 24.3 Å². The Morgan fingerprint density at radius 2 is 1.46 bits per heavy atom. The van der Waals surface area contributed by atoms with Gasteiger partial charge in [-0.15, -0.1) is 0 Å². The van der Waals surface area contributed by atoms with Crippen LogP contribution in [0.1, 0.15) is 45.1 Å². The molecule has 0 spiro atoms. The molecule has 0 radical (unpaired) electrons. The summed E-state index contributed by atoms with van der Waals surface area (Å²) in [4.78, 5) is 50.0. The van der Waals surface area contributed by atoms with Crippen LogP contribution in [0.2, 0.25) is 0 Å². The number of aliphatic carboxylic acids is 1. The maximum Gasteiger partial charge on any atom is 0.326 e. The first-order valence-corrected chi connectivity index (χ1v) is 11.8. The molecule has 11 heteroatoms. The zero-order chi connectivity index (χ0) is 26.4. The first kappa shape index (κ1) is 30.0. The van der Waals surface area contributed by atoms with Crippen LogP contribution in [0.4, 0.5) is 0 Å².